The van der Waals surface area contributed by atoms with Crippen molar-refractivity contribution >= 4 is 23.1 Å². The third-order valence-electron chi connectivity index (χ3n) is 4.36. The Bertz CT molecular complexity index is 701. The van der Waals surface area contributed by atoms with Crippen molar-refractivity contribution in [3.05, 3.63) is 40.0 Å². The number of hydrogen-bond acceptors (Lipinski definition) is 5. The molecule has 0 aliphatic carbocycles. The number of rotatable bonds is 4. The first-order valence-corrected chi connectivity index (χ1v) is 9.52. The van der Waals surface area contributed by atoms with E-state index >= 15 is 0 Å². The van der Waals surface area contributed by atoms with E-state index in [0.717, 1.165) is 42.7 Å². The summed E-state index contributed by atoms with van der Waals surface area (Å²) in [5.74, 6) is 1.92. The molecule has 0 saturated carbocycles. The summed E-state index contributed by atoms with van der Waals surface area (Å²) in [5, 5.41) is 7.97. The summed E-state index contributed by atoms with van der Waals surface area (Å²) in [6.45, 7) is 6.88. The second-order valence-corrected chi connectivity index (χ2v) is 7.71. The van der Waals surface area contributed by atoms with E-state index < -0.39 is 0 Å². The topological polar surface area (TPSA) is 65.4 Å². The fourth-order valence-electron chi connectivity index (χ4n) is 2.93. The largest absolute Gasteiger partial charge is 0.356 e. The van der Waals surface area contributed by atoms with Gasteiger partial charge in [0.1, 0.15) is 10.8 Å². The van der Waals surface area contributed by atoms with Crippen molar-refractivity contribution in [3.8, 4) is 0 Å². The molecule has 0 spiro atoms. The molecular weight excluding hydrogens is 332 g/mol. The summed E-state index contributed by atoms with van der Waals surface area (Å²) in [4.78, 5) is 16.8. The van der Waals surface area contributed by atoms with E-state index in [2.05, 4.69) is 56.5 Å². The molecule has 7 heteroatoms. The van der Waals surface area contributed by atoms with Crippen LogP contribution in [0.15, 0.2) is 29.5 Å². The molecule has 1 saturated heterocycles. The lowest BCUT2D eigenvalue weighted by atomic mass is 10.1. The molecule has 2 N–H and O–H groups in total. The molecule has 2 aromatic heterocycles. The van der Waals surface area contributed by atoms with E-state index in [-0.39, 0.29) is 0 Å². The number of thiazole rings is 1. The van der Waals surface area contributed by atoms with Crippen LogP contribution in [0, 0.1) is 13.8 Å². The van der Waals surface area contributed by atoms with Crippen molar-refractivity contribution in [1.82, 2.24) is 20.6 Å². The third kappa shape index (κ3) is 4.92. The summed E-state index contributed by atoms with van der Waals surface area (Å²) in [7, 11) is 1.81. The Hall–Kier alpha value is -2.15. The van der Waals surface area contributed by atoms with Crippen molar-refractivity contribution < 1.29 is 0 Å². The van der Waals surface area contributed by atoms with Crippen molar-refractivity contribution in [2.75, 3.05) is 25.0 Å². The molecule has 25 heavy (non-hydrogen) atoms. The van der Waals surface area contributed by atoms with Gasteiger partial charge in [0.15, 0.2) is 5.96 Å². The lowest BCUT2D eigenvalue weighted by Gasteiger charge is -2.33. The van der Waals surface area contributed by atoms with Gasteiger partial charge in [-0.05, 0) is 38.3 Å². The smallest absolute Gasteiger partial charge is 0.191 e. The van der Waals surface area contributed by atoms with Crippen LogP contribution in [0.5, 0.6) is 0 Å². The number of piperidine rings is 1. The van der Waals surface area contributed by atoms with E-state index in [0.29, 0.717) is 12.6 Å². The Kier molecular flexibility index (Phi) is 5.86. The number of nitrogens with zero attached hydrogens (tertiary/aromatic N) is 4. The second kappa shape index (κ2) is 8.29. The Labute approximate surface area is 153 Å². The Morgan fingerprint density at radius 1 is 1.24 bits per heavy atom. The van der Waals surface area contributed by atoms with E-state index in [1.54, 1.807) is 11.3 Å². The summed E-state index contributed by atoms with van der Waals surface area (Å²) in [5.41, 5.74) is 1.20. The van der Waals surface area contributed by atoms with Crippen molar-refractivity contribution in [2.45, 2.75) is 39.3 Å². The molecule has 3 rings (SSSR count). The number of pyridine rings is 1. The summed E-state index contributed by atoms with van der Waals surface area (Å²) >= 11 is 1.72. The van der Waals surface area contributed by atoms with Gasteiger partial charge in [0.05, 0.1) is 6.54 Å². The first kappa shape index (κ1) is 17.7. The van der Waals surface area contributed by atoms with Crippen molar-refractivity contribution in [1.29, 1.82) is 0 Å². The van der Waals surface area contributed by atoms with Gasteiger partial charge in [-0.2, -0.15) is 0 Å². The molecule has 0 bridgehead atoms. The Balaban J connectivity index is 1.46. The molecule has 0 amide bonds. The highest BCUT2D eigenvalue weighted by atomic mass is 32.1. The van der Waals surface area contributed by atoms with Crippen LogP contribution in [-0.4, -0.2) is 42.1 Å². The number of nitrogens with one attached hydrogen (secondary N) is 2. The standard InChI is InChI=1S/C18H26N6S/c1-13-4-5-16(20-10-13)24-8-6-15(7-9-24)23-18(19-3)22-12-17-21-11-14(2)25-17/h4-5,10-11,15H,6-9,12H2,1-3H3,(H2,19,22,23). The van der Waals surface area contributed by atoms with Gasteiger partial charge in [0.25, 0.3) is 0 Å². The van der Waals surface area contributed by atoms with Crippen LogP contribution in [0.25, 0.3) is 0 Å². The molecule has 1 aliphatic heterocycles. The van der Waals surface area contributed by atoms with Gasteiger partial charge in [0, 0.05) is 43.4 Å². The summed E-state index contributed by atoms with van der Waals surface area (Å²) in [6, 6.07) is 4.67. The second-order valence-electron chi connectivity index (χ2n) is 6.39. The van der Waals surface area contributed by atoms with Gasteiger partial charge in [-0.3, -0.25) is 4.99 Å². The Morgan fingerprint density at radius 3 is 2.64 bits per heavy atom. The van der Waals surface area contributed by atoms with Gasteiger partial charge in [-0.15, -0.1) is 11.3 Å². The molecule has 0 radical (unpaired) electrons. The molecule has 134 valence electrons. The molecule has 0 aromatic carbocycles. The Morgan fingerprint density at radius 2 is 2.04 bits per heavy atom. The fraction of sp³-hybridized carbons (Fsp3) is 0.500. The van der Waals surface area contributed by atoms with E-state index in [9.17, 15) is 0 Å². The number of aromatic nitrogens is 2. The highest BCUT2D eigenvalue weighted by molar-refractivity contribution is 7.11. The SMILES string of the molecule is CN=C(NCc1ncc(C)s1)NC1CCN(c2ccc(C)cn2)CC1. The predicted octanol–water partition coefficient (Wildman–Crippen LogP) is 2.49. The molecular formula is C18H26N6S. The van der Waals surface area contributed by atoms with Crippen LogP contribution >= 0.6 is 11.3 Å². The maximum absolute atomic E-state index is 4.53. The molecule has 2 aromatic rings. The minimum absolute atomic E-state index is 0.436. The quantitative estimate of drug-likeness (QED) is 0.649. The summed E-state index contributed by atoms with van der Waals surface area (Å²) in [6.07, 6.45) is 6.00. The predicted molar refractivity (Wildman–Crippen MR) is 104 cm³/mol. The van der Waals surface area contributed by atoms with Crippen molar-refractivity contribution in [2.24, 2.45) is 4.99 Å². The van der Waals surface area contributed by atoms with Crippen molar-refractivity contribution in [3.63, 3.8) is 0 Å². The zero-order valence-electron chi connectivity index (χ0n) is 15.1. The lowest BCUT2D eigenvalue weighted by Crippen LogP contribution is -2.48. The molecule has 1 fully saturated rings. The van der Waals surface area contributed by atoms with Crippen LogP contribution in [0.3, 0.4) is 0 Å². The molecule has 6 nitrogen and oxygen atoms in total. The van der Waals surface area contributed by atoms with E-state index in [1.165, 1.54) is 10.4 Å². The zero-order valence-corrected chi connectivity index (χ0v) is 15.9. The highest BCUT2D eigenvalue weighted by Crippen LogP contribution is 2.18. The minimum Gasteiger partial charge on any atom is -0.356 e. The molecule has 0 atom stereocenters. The maximum Gasteiger partial charge on any atom is 0.191 e. The molecule has 1 aliphatic rings. The first-order valence-electron chi connectivity index (χ1n) is 8.70. The minimum atomic E-state index is 0.436. The van der Waals surface area contributed by atoms with Gasteiger partial charge in [0.2, 0.25) is 0 Å². The normalized spacial score (nSPS) is 16.1. The average molecular weight is 359 g/mol. The van der Waals surface area contributed by atoms with Crippen LogP contribution in [0.1, 0.15) is 28.3 Å². The highest BCUT2D eigenvalue weighted by Gasteiger charge is 2.20. The number of guanidine groups is 1. The number of aryl methyl sites for hydroxylation is 2. The molecule has 0 unspecified atom stereocenters. The maximum atomic E-state index is 4.53. The number of aliphatic imine (C=N–C) groups is 1. The third-order valence-corrected chi connectivity index (χ3v) is 5.27. The zero-order chi connectivity index (χ0) is 17.6. The van der Waals surface area contributed by atoms with Crippen LogP contribution in [-0.2, 0) is 6.54 Å². The summed E-state index contributed by atoms with van der Waals surface area (Å²) < 4.78 is 0. The van der Waals surface area contributed by atoms with Gasteiger partial charge >= 0.3 is 0 Å². The van der Waals surface area contributed by atoms with Crippen LogP contribution in [0.2, 0.25) is 0 Å². The van der Waals surface area contributed by atoms with E-state index in [1.807, 2.05) is 19.4 Å². The lowest BCUT2D eigenvalue weighted by molar-refractivity contribution is 0.459. The van der Waals surface area contributed by atoms with E-state index in [4.69, 9.17) is 0 Å². The van der Waals surface area contributed by atoms with Crippen LogP contribution < -0.4 is 15.5 Å². The van der Waals surface area contributed by atoms with Gasteiger partial charge in [-0.1, -0.05) is 6.07 Å². The van der Waals surface area contributed by atoms with Gasteiger partial charge < -0.3 is 15.5 Å². The molecule has 3 heterocycles. The van der Waals surface area contributed by atoms with Crippen LogP contribution in [0.4, 0.5) is 5.82 Å². The van der Waals surface area contributed by atoms with Gasteiger partial charge in [-0.25, -0.2) is 9.97 Å². The number of hydrogen-bond donors (Lipinski definition) is 2. The average Bonchev–Trinajstić information content (AvgIpc) is 3.05. The fourth-order valence-corrected chi connectivity index (χ4v) is 3.66. The number of anilines is 1. The first-order chi connectivity index (χ1) is 12.1. The monoisotopic (exact) mass is 358 g/mol.